The SMILES string of the molecule is COC(=O)[C@H](Cc1ccc(OC)c([N+](=O)[O-])c1)NC(=O)COCc1ccccc1. The normalized spacial score (nSPS) is 11.4. The summed E-state index contributed by atoms with van der Waals surface area (Å²) in [4.78, 5) is 34.8. The highest BCUT2D eigenvalue weighted by Gasteiger charge is 2.24. The number of hydrogen-bond donors (Lipinski definition) is 1. The number of benzene rings is 2. The summed E-state index contributed by atoms with van der Waals surface area (Å²) in [7, 11) is 2.53. The van der Waals surface area contributed by atoms with Crippen LogP contribution in [0, 0.1) is 10.1 Å². The molecule has 0 aliphatic heterocycles. The summed E-state index contributed by atoms with van der Waals surface area (Å²) in [6.45, 7) is 0.00692. The van der Waals surface area contributed by atoms with Gasteiger partial charge in [-0.25, -0.2) is 4.79 Å². The van der Waals surface area contributed by atoms with Crippen molar-refractivity contribution in [2.24, 2.45) is 0 Å². The van der Waals surface area contributed by atoms with Gasteiger partial charge in [0.2, 0.25) is 5.91 Å². The Bertz CT molecular complexity index is 855. The maximum Gasteiger partial charge on any atom is 0.328 e. The number of rotatable bonds is 10. The molecule has 1 N–H and O–H groups in total. The lowest BCUT2D eigenvalue weighted by molar-refractivity contribution is -0.385. The molecule has 154 valence electrons. The first-order valence-electron chi connectivity index (χ1n) is 8.74. The quantitative estimate of drug-likeness (QED) is 0.367. The number of nitro benzene ring substituents is 1. The second-order valence-corrected chi connectivity index (χ2v) is 6.09. The maximum absolute atomic E-state index is 12.2. The highest BCUT2D eigenvalue weighted by molar-refractivity contribution is 5.85. The van der Waals surface area contributed by atoms with Crippen molar-refractivity contribution in [1.29, 1.82) is 0 Å². The lowest BCUT2D eigenvalue weighted by Gasteiger charge is -2.17. The Morgan fingerprint density at radius 1 is 1.10 bits per heavy atom. The van der Waals surface area contributed by atoms with Gasteiger partial charge in [0.1, 0.15) is 12.6 Å². The summed E-state index contributed by atoms with van der Waals surface area (Å²) in [5.74, 6) is -1.06. The molecular weight excluding hydrogens is 380 g/mol. The van der Waals surface area contributed by atoms with Crippen molar-refractivity contribution in [3.63, 3.8) is 0 Å². The highest BCUT2D eigenvalue weighted by Crippen LogP contribution is 2.28. The molecule has 0 aliphatic carbocycles. The van der Waals surface area contributed by atoms with E-state index in [1.165, 1.54) is 26.4 Å². The van der Waals surface area contributed by atoms with Crippen molar-refractivity contribution < 1.29 is 28.7 Å². The van der Waals surface area contributed by atoms with E-state index in [1.807, 2.05) is 30.3 Å². The van der Waals surface area contributed by atoms with Gasteiger partial charge < -0.3 is 19.5 Å². The number of nitrogens with zero attached hydrogens (tertiary/aromatic N) is 1. The van der Waals surface area contributed by atoms with E-state index in [0.29, 0.717) is 5.56 Å². The molecule has 9 heteroatoms. The molecule has 9 nitrogen and oxygen atoms in total. The van der Waals surface area contributed by atoms with Crippen LogP contribution in [0.4, 0.5) is 5.69 Å². The summed E-state index contributed by atoms with van der Waals surface area (Å²) >= 11 is 0. The van der Waals surface area contributed by atoms with Crippen LogP contribution in [0.5, 0.6) is 5.75 Å². The van der Waals surface area contributed by atoms with Gasteiger partial charge in [-0.2, -0.15) is 0 Å². The Kier molecular flexibility index (Phi) is 8.11. The van der Waals surface area contributed by atoms with Gasteiger partial charge in [0.25, 0.3) is 0 Å². The lowest BCUT2D eigenvalue weighted by Crippen LogP contribution is -2.44. The van der Waals surface area contributed by atoms with Gasteiger partial charge in [0, 0.05) is 12.5 Å². The van der Waals surface area contributed by atoms with E-state index in [2.05, 4.69) is 5.32 Å². The molecule has 2 aromatic rings. The van der Waals surface area contributed by atoms with Crippen LogP contribution in [-0.4, -0.2) is 43.7 Å². The molecule has 2 rings (SSSR count). The Morgan fingerprint density at radius 3 is 2.45 bits per heavy atom. The van der Waals surface area contributed by atoms with Crippen LogP contribution in [0.3, 0.4) is 0 Å². The van der Waals surface area contributed by atoms with E-state index in [1.54, 1.807) is 6.07 Å². The summed E-state index contributed by atoms with van der Waals surface area (Å²) in [5.41, 5.74) is 1.15. The average molecular weight is 402 g/mol. The fourth-order valence-electron chi connectivity index (χ4n) is 2.65. The fourth-order valence-corrected chi connectivity index (χ4v) is 2.65. The smallest absolute Gasteiger partial charge is 0.328 e. The molecule has 0 saturated carbocycles. The molecule has 0 aliphatic rings. The van der Waals surface area contributed by atoms with E-state index in [-0.39, 0.29) is 31.1 Å². The number of carbonyl (C=O) groups excluding carboxylic acids is 2. The zero-order chi connectivity index (χ0) is 21.2. The van der Waals surface area contributed by atoms with Crippen LogP contribution in [0.15, 0.2) is 48.5 Å². The molecule has 0 spiro atoms. The predicted octanol–water partition coefficient (Wildman–Crippen LogP) is 2.02. The Balaban J connectivity index is 2.00. The summed E-state index contributed by atoms with van der Waals surface area (Å²) < 4.78 is 15.0. The number of nitrogens with one attached hydrogen (secondary N) is 1. The van der Waals surface area contributed by atoms with Crippen LogP contribution in [0.2, 0.25) is 0 Å². The number of esters is 1. The largest absolute Gasteiger partial charge is 0.490 e. The highest BCUT2D eigenvalue weighted by atomic mass is 16.6. The average Bonchev–Trinajstić information content (AvgIpc) is 2.73. The van der Waals surface area contributed by atoms with Crippen molar-refractivity contribution in [1.82, 2.24) is 5.32 Å². The van der Waals surface area contributed by atoms with Gasteiger partial charge in [0.05, 0.1) is 25.7 Å². The zero-order valence-corrected chi connectivity index (χ0v) is 16.1. The molecular formula is C20H22N2O7. The summed E-state index contributed by atoms with van der Waals surface area (Å²) in [6, 6.07) is 12.6. The van der Waals surface area contributed by atoms with Gasteiger partial charge >= 0.3 is 11.7 Å². The van der Waals surface area contributed by atoms with Gasteiger partial charge in [-0.1, -0.05) is 36.4 Å². The minimum Gasteiger partial charge on any atom is -0.490 e. The molecule has 0 fully saturated rings. The first kappa shape index (κ1) is 21.8. The number of amides is 1. The van der Waals surface area contributed by atoms with Crippen molar-refractivity contribution >= 4 is 17.6 Å². The first-order valence-corrected chi connectivity index (χ1v) is 8.74. The van der Waals surface area contributed by atoms with Crippen molar-refractivity contribution in [2.75, 3.05) is 20.8 Å². The third-order valence-electron chi connectivity index (χ3n) is 4.05. The van der Waals surface area contributed by atoms with Gasteiger partial charge in [-0.15, -0.1) is 0 Å². The van der Waals surface area contributed by atoms with Crippen LogP contribution in [0.1, 0.15) is 11.1 Å². The number of hydrogen-bond acceptors (Lipinski definition) is 7. The van der Waals surface area contributed by atoms with Crippen molar-refractivity contribution in [2.45, 2.75) is 19.1 Å². The monoisotopic (exact) mass is 402 g/mol. The Morgan fingerprint density at radius 2 is 1.83 bits per heavy atom. The van der Waals surface area contributed by atoms with E-state index in [4.69, 9.17) is 14.2 Å². The maximum atomic E-state index is 12.2. The predicted molar refractivity (Wildman–Crippen MR) is 103 cm³/mol. The fraction of sp³-hybridized carbons (Fsp3) is 0.300. The number of nitro groups is 1. The molecule has 0 radical (unpaired) electrons. The van der Waals surface area contributed by atoms with E-state index < -0.39 is 22.8 Å². The molecule has 2 aromatic carbocycles. The number of methoxy groups -OCH3 is 2. The third-order valence-corrected chi connectivity index (χ3v) is 4.05. The standard InChI is InChI=1S/C20H22N2O7/c1-27-18-9-8-15(11-17(18)22(25)26)10-16(20(24)28-2)21-19(23)13-29-12-14-6-4-3-5-7-14/h3-9,11,16H,10,12-13H2,1-2H3,(H,21,23)/t16-/m0/s1. The van der Waals surface area contributed by atoms with Crippen molar-refractivity contribution in [3.05, 3.63) is 69.8 Å². The van der Waals surface area contributed by atoms with E-state index >= 15 is 0 Å². The summed E-state index contributed by atoms with van der Waals surface area (Å²) in [6.07, 6.45) is 0.0158. The van der Waals surface area contributed by atoms with E-state index in [0.717, 1.165) is 5.56 Å². The zero-order valence-electron chi connectivity index (χ0n) is 16.1. The molecule has 0 heterocycles. The van der Waals surface area contributed by atoms with Crippen LogP contribution >= 0.6 is 0 Å². The number of carbonyl (C=O) groups is 2. The molecule has 1 atom stereocenters. The molecule has 0 unspecified atom stereocenters. The topological polar surface area (TPSA) is 117 Å². The third kappa shape index (κ3) is 6.58. The van der Waals surface area contributed by atoms with Crippen LogP contribution in [-0.2, 0) is 32.1 Å². The lowest BCUT2D eigenvalue weighted by atomic mass is 10.0. The second kappa shape index (κ2) is 10.8. The second-order valence-electron chi connectivity index (χ2n) is 6.09. The minimum atomic E-state index is -1.01. The Hall–Kier alpha value is -3.46. The van der Waals surface area contributed by atoms with Crippen LogP contribution < -0.4 is 10.1 Å². The summed E-state index contributed by atoms with van der Waals surface area (Å²) in [5, 5.41) is 13.7. The van der Waals surface area contributed by atoms with Crippen LogP contribution in [0.25, 0.3) is 0 Å². The van der Waals surface area contributed by atoms with Crippen molar-refractivity contribution in [3.8, 4) is 5.75 Å². The van der Waals surface area contributed by atoms with E-state index in [9.17, 15) is 19.7 Å². The molecule has 0 bridgehead atoms. The molecule has 0 saturated heterocycles. The number of ether oxygens (including phenoxy) is 3. The minimum absolute atomic E-state index is 0.0158. The van der Waals surface area contributed by atoms with Gasteiger partial charge in [0.15, 0.2) is 5.75 Å². The van der Waals surface area contributed by atoms with Gasteiger partial charge in [-0.3, -0.25) is 14.9 Å². The van der Waals surface area contributed by atoms with Gasteiger partial charge in [-0.05, 0) is 17.2 Å². The molecule has 0 aromatic heterocycles. The molecule has 1 amide bonds. The Labute approximate surface area is 167 Å². The molecule has 29 heavy (non-hydrogen) atoms. The first-order chi connectivity index (χ1) is 13.9.